The number of hydrogen-bond acceptors (Lipinski definition) is 4. The number of rotatable bonds is 3. The molecule has 0 unspecified atom stereocenters. The predicted molar refractivity (Wildman–Crippen MR) is 54.2 cm³/mol. The van der Waals surface area contributed by atoms with Crippen molar-refractivity contribution in [2.45, 2.75) is 11.3 Å². The molecule has 2 nitrogen and oxygen atoms in total. The van der Waals surface area contributed by atoms with E-state index in [1.54, 1.807) is 6.20 Å². The predicted octanol–water partition coefficient (Wildman–Crippen LogP) is 0.888. The quantitative estimate of drug-likeness (QED) is 0.558. The Bertz CT molecular complexity index is 231. The molecule has 5 heteroatoms. The third-order valence-electron chi connectivity index (χ3n) is 1.51. The number of hydrogen-bond donors (Lipinski definition) is 0. The van der Waals surface area contributed by atoms with Gasteiger partial charge in [0.1, 0.15) is 0 Å². The Balaban J connectivity index is 0.00000144. The molecule has 0 saturated carbocycles. The average Bonchev–Trinajstić information content (AvgIpc) is 2.06. The van der Waals surface area contributed by atoms with Crippen molar-refractivity contribution in [2.24, 2.45) is 0 Å². The second kappa shape index (κ2) is 6.92. The van der Waals surface area contributed by atoms with Gasteiger partial charge in [-0.25, -0.2) is 4.71 Å². The van der Waals surface area contributed by atoms with Gasteiger partial charge in [-0.1, -0.05) is 6.07 Å². The van der Waals surface area contributed by atoms with Crippen LogP contribution in [0.3, 0.4) is 0 Å². The van der Waals surface area contributed by atoms with Gasteiger partial charge < -0.3 is 30.2 Å². The van der Waals surface area contributed by atoms with Crippen LogP contribution in [0.5, 0.6) is 0 Å². The van der Waals surface area contributed by atoms with Gasteiger partial charge in [-0.05, 0) is 18.7 Å². The second-order valence-corrected chi connectivity index (χ2v) is 3.77. The van der Waals surface area contributed by atoms with Crippen LogP contribution in [0, 0.1) is 0 Å². The van der Waals surface area contributed by atoms with Gasteiger partial charge >= 0.3 is 0 Å². The summed E-state index contributed by atoms with van der Waals surface area (Å²) in [4.78, 5) is 5.92. The Morgan fingerprint density at radius 3 is 2.69 bits per heavy atom. The molecular weight excluding hydrogens is 385 g/mol. The number of pyridine rings is 1. The summed E-state index contributed by atoms with van der Waals surface area (Å²) in [5.74, 6) is 0. The molecule has 77 valence electrons. The maximum atomic E-state index is 4.92. The van der Waals surface area contributed by atoms with Gasteiger partial charge in [-0.3, -0.25) is 4.98 Å². The fraction of sp³-hybridized carbons (Fsp3) is 0.375. The Morgan fingerprint density at radius 2 is 2.23 bits per heavy atom. The van der Waals surface area contributed by atoms with Crippen molar-refractivity contribution in [1.29, 1.82) is 0 Å². The zero-order chi connectivity index (χ0) is 8.97. The van der Waals surface area contributed by atoms with Crippen LogP contribution in [-0.4, -0.2) is 21.6 Å². The first-order valence-electron chi connectivity index (χ1n) is 3.61. The Labute approximate surface area is 105 Å². The molecule has 0 aliphatic carbocycles. The topological polar surface area (TPSA) is 16.1 Å². The molecule has 0 aliphatic rings. The normalized spacial score (nSPS) is 10.2. The third-order valence-corrected chi connectivity index (χ3v) is 2.23. The molecule has 0 saturated heterocycles. The average molecular weight is 395 g/mol. The van der Waals surface area contributed by atoms with E-state index in [0.29, 0.717) is 0 Å². The zero-order valence-corrected chi connectivity index (χ0v) is 10.9. The molecule has 1 rings (SSSR count). The summed E-state index contributed by atoms with van der Waals surface area (Å²) in [6.07, 6.45) is 3.58. The van der Waals surface area contributed by atoms with E-state index in [0.717, 1.165) is 12.1 Å². The van der Waals surface area contributed by atoms with E-state index in [2.05, 4.69) is 4.98 Å². The van der Waals surface area contributed by atoms with E-state index in [1.165, 1.54) is 0 Å². The molecule has 0 atom stereocenters. The Morgan fingerprint density at radius 1 is 1.54 bits per heavy atom. The Kier molecular flexibility index (Phi) is 7.22. The molecule has 1 radical (unpaired) electrons. The molecule has 0 N–H and O–H groups in total. The molecule has 0 aliphatic heterocycles. The number of aromatic nitrogens is 1. The minimum absolute atomic E-state index is 0. The maximum Gasteiger partial charge on any atom is 0.0312 e. The van der Waals surface area contributed by atoms with Gasteiger partial charge in [-0.2, -0.15) is 0 Å². The molecule has 1 aromatic heterocycles. The van der Waals surface area contributed by atoms with Gasteiger partial charge in [0.15, 0.2) is 0 Å². The molecule has 1 aromatic rings. The Hall–Kier alpha value is 0.550. The standard InChI is InChI=1S/C8H12N2S2.Au/c1-10(8(11)12)6-7-3-2-4-9-5-7;/h2-5,8,11-12H,6H2,1H3;/p-2. The van der Waals surface area contributed by atoms with Crippen molar-refractivity contribution in [3.8, 4) is 0 Å². The van der Waals surface area contributed by atoms with Gasteiger partial charge in [0.2, 0.25) is 0 Å². The van der Waals surface area contributed by atoms with Crippen molar-refractivity contribution in [3.05, 3.63) is 30.1 Å². The molecule has 0 amide bonds. The van der Waals surface area contributed by atoms with Gasteiger partial charge in [-0.15, -0.1) is 0 Å². The molecule has 0 aromatic carbocycles. The first-order valence-corrected chi connectivity index (χ1v) is 4.55. The summed E-state index contributed by atoms with van der Waals surface area (Å²) in [5, 5.41) is 0. The smallest absolute Gasteiger partial charge is 0.0312 e. The molecule has 1 heterocycles. The van der Waals surface area contributed by atoms with E-state index in [9.17, 15) is 0 Å². The minimum Gasteiger partial charge on any atom is -0.800 e. The second-order valence-electron chi connectivity index (χ2n) is 2.58. The van der Waals surface area contributed by atoms with Crippen molar-refractivity contribution in [1.82, 2.24) is 9.88 Å². The van der Waals surface area contributed by atoms with Crippen LogP contribution in [0.1, 0.15) is 5.56 Å². The fourth-order valence-corrected chi connectivity index (χ4v) is 1.00. The van der Waals surface area contributed by atoms with E-state index >= 15 is 0 Å². The van der Waals surface area contributed by atoms with Crippen LogP contribution in [0.2, 0.25) is 0 Å². The summed E-state index contributed by atoms with van der Waals surface area (Å²) in [7, 11) is 1.91. The summed E-state index contributed by atoms with van der Waals surface area (Å²) in [6, 6.07) is 3.92. The first-order chi connectivity index (χ1) is 5.70. The molecular formula is C8H10AuN2S2-2. The van der Waals surface area contributed by atoms with Crippen molar-refractivity contribution in [2.75, 3.05) is 7.05 Å². The SMILES string of the molecule is CN(Cc1cccnc1)C([S-])[S-].[Au]. The van der Waals surface area contributed by atoms with Crippen LogP contribution in [0.4, 0.5) is 0 Å². The largest absolute Gasteiger partial charge is 0.800 e. The van der Waals surface area contributed by atoms with E-state index in [-0.39, 0.29) is 27.1 Å². The van der Waals surface area contributed by atoms with E-state index in [1.807, 2.05) is 30.3 Å². The molecule has 0 fully saturated rings. The van der Waals surface area contributed by atoms with Crippen LogP contribution < -0.4 is 0 Å². The fourth-order valence-electron chi connectivity index (χ4n) is 0.854. The van der Waals surface area contributed by atoms with Crippen LogP contribution >= 0.6 is 0 Å². The third kappa shape index (κ3) is 5.10. The molecule has 0 bridgehead atoms. The summed E-state index contributed by atoms with van der Waals surface area (Å²) in [6.45, 7) is 0.769. The van der Waals surface area contributed by atoms with Crippen LogP contribution in [0.25, 0.3) is 0 Å². The molecule has 0 spiro atoms. The van der Waals surface area contributed by atoms with Crippen LogP contribution in [0.15, 0.2) is 24.5 Å². The first kappa shape index (κ1) is 13.6. The van der Waals surface area contributed by atoms with Crippen molar-refractivity contribution < 1.29 is 22.4 Å². The summed E-state index contributed by atoms with van der Waals surface area (Å²) >= 11 is 9.84. The summed E-state index contributed by atoms with van der Waals surface area (Å²) in [5.41, 5.74) is 1.14. The maximum absolute atomic E-state index is 4.92. The summed E-state index contributed by atoms with van der Waals surface area (Å²) < 4.78 is -0.245. The monoisotopic (exact) mass is 395 g/mol. The minimum atomic E-state index is -0.245. The van der Waals surface area contributed by atoms with Gasteiger partial charge in [0.25, 0.3) is 0 Å². The van der Waals surface area contributed by atoms with E-state index < -0.39 is 0 Å². The van der Waals surface area contributed by atoms with Crippen molar-refractivity contribution in [3.63, 3.8) is 0 Å². The molecule has 13 heavy (non-hydrogen) atoms. The van der Waals surface area contributed by atoms with E-state index in [4.69, 9.17) is 25.3 Å². The zero-order valence-electron chi connectivity index (χ0n) is 7.11. The van der Waals surface area contributed by atoms with Crippen LogP contribution in [-0.2, 0) is 54.2 Å². The number of nitrogens with zero attached hydrogens (tertiary/aromatic N) is 2. The van der Waals surface area contributed by atoms with Gasteiger partial charge in [0.05, 0.1) is 0 Å². The van der Waals surface area contributed by atoms with Crippen molar-refractivity contribution >= 4 is 25.3 Å². The van der Waals surface area contributed by atoms with Gasteiger partial charge in [0, 0.05) is 41.3 Å².